The molecule has 0 aromatic rings. The molecule has 0 radical (unpaired) electrons. The summed E-state index contributed by atoms with van der Waals surface area (Å²) >= 11 is 0. The van der Waals surface area contributed by atoms with Crippen molar-refractivity contribution in [3.8, 4) is 0 Å². The summed E-state index contributed by atoms with van der Waals surface area (Å²) in [5.41, 5.74) is 2.27. The quantitative estimate of drug-likeness (QED) is 0.414. The van der Waals surface area contributed by atoms with Gasteiger partial charge in [-0.25, -0.2) is 4.79 Å². The van der Waals surface area contributed by atoms with Gasteiger partial charge in [0.1, 0.15) is 6.61 Å². The van der Waals surface area contributed by atoms with Crippen LogP contribution >= 0.6 is 0 Å². The Morgan fingerprint density at radius 3 is 3.09 bits per heavy atom. The van der Waals surface area contributed by atoms with Crippen molar-refractivity contribution in [3.05, 3.63) is 0 Å². The van der Waals surface area contributed by atoms with E-state index in [0.717, 1.165) is 0 Å². The van der Waals surface area contributed by atoms with Gasteiger partial charge in [0, 0.05) is 0 Å². The van der Waals surface area contributed by atoms with Crippen molar-refractivity contribution < 1.29 is 19.2 Å². The topological polar surface area (TPSA) is 64.6 Å². The van der Waals surface area contributed by atoms with Crippen LogP contribution in [0.4, 0.5) is 0 Å². The number of hydroxylamine groups is 1. The lowest BCUT2D eigenvalue weighted by Gasteiger charge is -2.04. The highest BCUT2D eigenvalue weighted by Crippen LogP contribution is 1.98. The van der Waals surface area contributed by atoms with E-state index in [1.807, 2.05) is 0 Å². The van der Waals surface area contributed by atoms with Gasteiger partial charge in [-0.05, 0) is 6.92 Å². The highest BCUT2D eigenvalue weighted by Gasteiger charge is 2.32. The fraction of sp³-hybridized carbons (Fsp3) is 0.667. The molecule has 0 spiro atoms. The van der Waals surface area contributed by atoms with E-state index >= 15 is 0 Å². The second kappa shape index (κ2) is 3.45. The second-order valence-electron chi connectivity index (χ2n) is 2.06. The minimum atomic E-state index is -0.921. The number of esters is 1. The number of rotatable bonds is 2. The first kappa shape index (κ1) is 8.16. The molecule has 1 N–H and O–H groups in total. The average molecular weight is 159 g/mol. The zero-order valence-electron chi connectivity index (χ0n) is 6.12. The lowest BCUT2D eigenvalue weighted by atomic mass is 10.2. The molecule has 1 atom stereocenters. The average Bonchev–Trinajstić information content (AvgIpc) is 2.36. The fourth-order valence-electron chi connectivity index (χ4n) is 0.750. The van der Waals surface area contributed by atoms with Crippen LogP contribution in [0.2, 0.25) is 0 Å². The van der Waals surface area contributed by atoms with E-state index in [4.69, 9.17) is 0 Å². The molecule has 1 fully saturated rings. The van der Waals surface area contributed by atoms with Crippen molar-refractivity contribution in [2.45, 2.75) is 13.0 Å². The van der Waals surface area contributed by atoms with Crippen LogP contribution in [0.25, 0.3) is 0 Å². The van der Waals surface area contributed by atoms with Crippen LogP contribution in [-0.4, -0.2) is 31.0 Å². The van der Waals surface area contributed by atoms with Crippen molar-refractivity contribution in [2.24, 2.45) is 0 Å². The minimum Gasteiger partial charge on any atom is -0.464 e. The first-order chi connectivity index (χ1) is 5.25. The number of ketones is 1. The van der Waals surface area contributed by atoms with Gasteiger partial charge in [-0.1, -0.05) is 0 Å². The van der Waals surface area contributed by atoms with Crippen molar-refractivity contribution in [1.82, 2.24) is 5.48 Å². The van der Waals surface area contributed by atoms with Crippen molar-refractivity contribution in [1.29, 1.82) is 0 Å². The molecule has 0 amide bonds. The van der Waals surface area contributed by atoms with Crippen molar-refractivity contribution in [2.75, 3.05) is 13.2 Å². The Kier molecular flexibility index (Phi) is 2.56. The Morgan fingerprint density at radius 2 is 2.64 bits per heavy atom. The highest BCUT2D eigenvalue weighted by atomic mass is 16.7. The molecule has 5 heteroatoms. The van der Waals surface area contributed by atoms with E-state index in [-0.39, 0.29) is 19.0 Å². The summed E-state index contributed by atoms with van der Waals surface area (Å²) in [6, 6.07) is -0.921. The van der Waals surface area contributed by atoms with Crippen LogP contribution in [0.3, 0.4) is 0 Å². The fourth-order valence-corrected chi connectivity index (χ4v) is 0.750. The first-order valence-corrected chi connectivity index (χ1v) is 3.32. The van der Waals surface area contributed by atoms with E-state index in [1.165, 1.54) is 0 Å². The molecular formula is C6H9NO4. The predicted octanol–water partition coefficient (Wildman–Crippen LogP) is -0.978. The van der Waals surface area contributed by atoms with E-state index < -0.39 is 12.0 Å². The van der Waals surface area contributed by atoms with Gasteiger partial charge in [0.25, 0.3) is 0 Å². The zero-order chi connectivity index (χ0) is 8.27. The summed E-state index contributed by atoms with van der Waals surface area (Å²) in [4.78, 5) is 26.2. The van der Waals surface area contributed by atoms with Gasteiger partial charge < -0.3 is 4.74 Å². The third kappa shape index (κ3) is 1.75. The molecule has 1 aliphatic rings. The molecule has 5 nitrogen and oxygen atoms in total. The van der Waals surface area contributed by atoms with Crippen LogP contribution in [0.15, 0.2) is 0 Å². The number of hydrogen-bond acceptors (Lipinski definition) is 5. The first-order valence-electron chi connectivity index (χ1n) is 3.32. The SMILES string of the molecule is CCOC(=O)C1NOCC1=O. The van der Waals surface area contributed by atoms with Crippen LogP contribution < -0.4 is 5.48 Å². The predicted molar refractivity (Wildman–Crippen MR) is 34.5 cm³/mol. The molecule has 1 rings (SSSR count). The van der Waals surface area contributed by atoms with Gasteiger partial charge in [0.2, 0.25) is 0 Å². The molecule has 1 aliphatic heterocycles. The molecule has 0 saturated carbocycles. The summed E-state index contributed by atoms with van der Waals surface area (Å²) in [7, 11) is 0. The second-order valence-corrected chi connectivity index (χ2v) is 2.06. The summed E-state index contributed by atoms with van der Waals surface area (Å²) in [6.45, 7) is 1.88. The van der Waals surface area contributed by atoms with E-state index in [2.05, 4.69) is 15.1 Å². The molecule has 62 valence electrons. The van der Waals surface area contributed by atoms with Gasteiger partial charge in [0.15, 0.2) is 11.8 Å². The van der Waals surface area contributed by atoms with Crippen molar-refractivity contribution >= 4 is 11.8 Å². The Morgan fingerprint density at radius 1 is 1.91 bits per heavy atom. The number of ether oxygens (including phenoxy) is 1. The molecule has 1 saturated heterocycles. The molecule has 1 unspecified atom stereocenters. The smallest absolute Gasteiger partial charge is 0.333 e. The zero-order valence-corrected chi connectivity index (χ0v) is 6.12. The van der Waals surface area contributed by atoms with E-state index in [1.54, 1.807) is 6.92 Å². The van der Waals surface area contributed by atoms with Gasteiger partial charge in [-0.2, -0.15) is 5.48 Å². The molecule has 0 bridgehead atoms. The lowest BCUT2D eigenvalue weighted by Crippen LogP contribution is -2.37. The van der Waals surface area contributed by atoms with Crippen LogP contribution in [0.5, 0.6) is 0 Å². The molecule has 0 aliphatic carbocycles. The Bertz CT molecular complexity index is 179. The number of hydrogen-bond donors (Lipinski definition) is 1. The molecule has 1 heterocycles. The van der Waals surface area contributed by atoms with E-state index in [0.29, 0.717) is 0 Å². The third-order valence-electron chi connectivity index (χ3n) is 1.26. The van der Waals surface area contributed by atoms with Gasteiger partial charge in [-0.3, -0.25) is 9.63 Å². The molecule has 0 aromatic carbocycles. The Labute approximate surface area is 63.6 Å². The third-order valence-corrected chi connectivity index (χ3v) is 1.26. The molecule has 11 heavy (non-hydrogen) atoms. The van der Waals surface area contributed by atoms with Gasteiger partial charge in [0.05, 0.1) is 6.61 Å². The highest BCUT2D eigenvalue weighted by molar-refractivity contribution is 6.04. The number of Topliss-reactive ketones (excluding diaryl/α,β-unsaturated/α-hetero) is 1. The minimum absolute atomic E-state index is 0.0660. The summed E-state index contributed by atoms with van der Waals surface area (Å²) in [5, 5.41) is 0. The number of carbonyl (C=O) groups is 2. The molecule has 0 aromatic heterocycles. The monoisotopic (exact) mass is 159 g/mol. The van der Waals surface area contributed by atoms with E-state index in [9.17, 15) is 9.59 Å². The van der Waals surface area contributed by atoms with Crippen LogP contribution in [0.1, 0.15) is 6.92 Å². The standard InChI is InChI=1S/C6H9NO4/c1-2-10-6(9)5-4(8)3-11-7-5/h5,7H,2-3H2,1H3. The maximum atomic E-state index is 10.9. The van der Waals surface area contributed by atoms with Gasteiger partial charge >= 0.3 is 5.97 Å². The summed E-state index contributed by atoms with van der Waals surface area (Å²) < 4.78 is 4.59. The molecular weight excluding hydrogens is 150 g/mol. The number of carbonyl (C=O) groups excluding carboxylic acids is 2. The largest absolute Gasteiger partial charge is 0.464 e. The maximum Gasteiger partial charge on any atom is 0.333 e. The van der Waals surface area contributed by atoms with Crippen molar-refractivity contribution in [3.63, 3.8) is 0 Å². The normalized spacial score (nSPS) is 23.7. The van der Waals surface area contributed by atoms with Crippen LogP contribution in [-0.2, 0) is 19.2 Å². The lowest BCUT2D eigenvalue weighted by molar-refractivity contribution is -0.148. The maximum absolute atomic E-state index is 10.9. The summed E-state index contributed by atoms with van der Waals surface area (Å²) in [6.07, 6.45) is 0. The van der Waals surface area contributed by atoms with Gasteiger partial charge in [-0.15, -0.1) is 0 Å². The summed E-state index contributed by atoms with van der Waals surface area (Å²) in [5.74, 6) is -0.863. The number of nitrogens with one attached hydrogen (secondary N) is 1. The van der Waals surface area contributed by atoms with Crippen LogP contribution in [0, 0.1) is 0 Å². The Hall–Kier alpha value is -0.940. The Balaban J connectivity index is 2.46.